The summed E-state index contributed by atoms with van der Waals surface area (Å²) in [5.41, 5.74) is 0.878. The smallest absolute Gasteiger partial charge is 0.261 e. The van der Waals surface area contributed by atoms with Gasteiger partial charge >= 0.3 is 0 Å². The van der Waals surface area contributed by atoms with Gasteiger partial charge in [-0.15, -0.1) is 0 Å². The van der Waals surface area contributed by atoms with Crippen molar-refractivity contribution >= 4 is 39.9 Å². The van der Waals surface area contributed by atoms with Crippen LogP contribution >= 0.6 is 15.9 Å². The fourth-order valence-corrected chi connectivity index (χ4v) is 4.38. The number of H-pyrrole nitrogens is 1. The van der Waals surface area contributed by atoms with Crippen LogP contribution in [0.5, 0.6) is 11.5 Å². The van der Waals surface area contributed by atoms with E-state index < -0.39 is 11.6 Å². The molecule has 37 heavy (non-hydrogen) atoms. The van der Waals surface area contributed by atoms with Gasteiger partial charge < -0.3 is 19.9 Å². The van der Waals surface area contributed by atoms with Crippen molar-refractivity contribution in [2.24, 2.45) is 9.98 Å². The quantitative estimate of drug-likeness (QED) is 0.260. The number of rotatable bonds is 8. The summed E-state index contributed by atoms with van der Waals surface area (Å²) < 4.78 is 32.8. The van der Waals surface area contributed by atoms with Gasteiger partial charge in [-0.25, -0.2) is 8.78 Å². The summed E-state index contributed by atoms with van der Waals surface area (Å²) in [5, 5.41) is 6.64. The Bertz CT molecular complexity index is 1340. The molecule has 3 aromatic rings. The largest absolute Gasteiger partial charge is 0.457 e. The fraction of sp³-hybridized carbons (Fsp3) is 0.269. The van der Waals surface area contributed by atoms with Crippen molar-refractivity contribution < 1.29 is 13.5 Å². The van der Waals surface area contributed by atoms with Crippen LogP contribution in [0.2, 0.25) is 0 Å². The molecule has 3 N–H and O–H groups in total. The van der Waals surface area contributed by atoms with Crippen LogP contribution < -0.4 is 20.9 Å². The number of aromatic nitrogens is 1. The first-order valence-electron chi connectivity index (χ1n) is 11.7. The summed E-state index contributed by atoms with van der Waals surface area (Å²) in [5.74, 6) is -1.02. The Balaban J connectivity index is 1.55. The van der Waals surface area contributed by atoms with Crippen LogP contribution in [0.1, 0.15) is 18.4 Å². The third kappa shape index (κ3) is 6.88. The van der Waals surface area contributed by atoms with E-state index in [0.29, 0.717) is 40.1 Å². The predicted octanol–water partition coefficient (Wildman–Crippen LogP) is 5.04. The molecule has 1 fully saturated rings. The number of amidine groups is 1. The molecule has 0 radical (unpaired) electrons. The van der Waals surface area contributed by atoms with E-state index in [2.05, 4.69) is 60.2 Å². The van der Waals surface area contributed by atoms with Gasteiger partial charge in [0.1, 0.15) is 22.9 Å². The molecule has 11 heteroatoms. The maximum Gasteiger partial charge on any atom is 0.261 e. The molecule has 8 nitrogen and oxygen atoms in total. The molecular formula is C26H27BrF2N6O2. The molecule has 0 atom stereocenters. The number of pyridine rings is 1. The molecule has 0 bridgehead atoms. The number of aromatic amines is 1. The molecule has 0 unspecified atom stereocenters. The Morgan fingerprint density at radius 1 is 1.16 bits per heavy atom. The number of likely N-dealkylation sites (tertiary alicyclic amines) is 1. The molecule has 0 saturated carbocycles. The van der Waals surface area contributed by atoms with Gasteiger partial charge in [-0.2, -0.15) is 0 Å². The molecule has 194 valence electrons. The normalized spacial score (nSPS) is 15.0. The second-order valence-electron chi connectivity index (χ2n) is 8.62. The summed E-state index contributed by atoms with van der Waals surface area (Å²) in [7, 11) is 2.11. The number of nitrogens with zero attached hydrogens (tertiary/aromatic N) is 3. The molecule has 4 rings (SSSR count). The summed E-state index contributed by atoms with van der Waals surface area (Å²) in [6.07, 6.45) is 3.55. The van der Waals surface area contributed by atoms with Gasteiger partial charge in [0.05, 0.1) is 16.8 Å². The molecule has 2 aromatic carbocycles. The van der Waals surface area contributed by atoms with Crippen LogP contribution in [0.4, 0.5) is 20.2 Å². The number of ether oxygens (including phenoxy) is 1. The molecule has 0 amide bonds. The number of anilines is 1. The Morgan fingerprint density at radius 2 is 1.86 bits per heavy atom. The van der Waals surface area contributed by atoms with Crippen molar-refractivity contribution in [3.05, 3.63) is 80.7 Å². The molecule has 0 spiro atoms. The van der Waals surface area contributed by atoms with Crippen molar-refractivity contribution in [2.75, 3.05) is 32.1 Å². The van der Waals surface area contributed by atoms with Crippen molar-refractivity contribution in [3.63, 3.8) is 0 Å². The lowest BCUT2D eigenvalue weighted by Gasteiger charge is -2.29. The Hall–Kier alpha value is -3.41. The first-order chi connectivity index (χ1) is 17.8. The number of hydrogen-bond donors (Lipinski definition) is 3. The van der Waals surface area contributed by atoms with E-state index in [9.17, 15) is 13.6 Å². The lowest BCUT2D eigenvalue weighted by Crippen LogP contribution is -2.41. The SMILES string of the molecule is C=Nc1c(Br)c[nH]c(=O)c1C(=NCNC1CCN(C)CC1)Nc1ccc(Oc2ccc(F)c(F)c2)cc1. The van der Waals surface area contributed by atoms with Gasteiger partial charge in [0.25, 0.3) is 5.56 Å². The second-order valence-corrected chi connectivity index (χ2v) is 9.48. The van der Waals surface area contributed by atoms with Crippen LogP contribution in [-0.2, 0) is 0 Å². The van der Waals surface area contributed by atoms with E-state index in [4.69, 9.17) is 4.74 Å². The van der Waals surface area contributed by atoms with Crippen molar-refractivity contribution in [3.8, 4) is 11.5 Å². The van der Waals surface area contributed by atoms with Crippen LogP contribution in [-0.4, -0.2) is 55.3 Å². The van der Waals surface area contributed by atoms with Gasteiger partial charge in [0.2, 0.25) is 0 Å². The van der Waals surface area contributed by atoms with Crippen molar-refractivity contribution in [1.82, 2.24) is 15.2 Å². The van der Waals surface area contributed by atoms with Crippen molar-refractivity contribution in [1.29, 1.82) is 0 Å². The highest BCUT2D eigenvalue weighted by atomic mass is 79.9. The molecule has 1 saturated heterocycles. The zero-order valence-electron chi connectivity index (χ0n) is 20.2. The van der Waals surface area contributed by atoms with Gasteiger partial charge in [-0.1, -0.05) is 0 Å². The lowest BCUT2D eigenvalue weighted by molar-refractivity contribution is 0.236. The number of aliphatic imine (C=N–C) groups is 2. The number of benzene rings is 2. The average molecular weight is 573 g/mol. The maximum atomic E-state index is 13.5. The number of halogens is 3. The van der Waals surface area contributed by atoms with E-state index in [0.717, 1.165) is 38.1 Å². The highest BCUT2D eigenvalue weighted by molar-refractivity contribution is 9.10. The highest BCUT2D eigenvalue weighted by Crippen LogP contribution is 2.28. The highest BCUT2D eigenvalue weighted by Gasteiger charge is 2.19. The Morgan fingerprint density at radius 3 is 2.54 bits per heavy atom. The minimum Gasteiger partial charge on any atom is -0.457 e. The lowest BCUT2D eigenvalue weighted by atomic mass is 10.1. The topological polar surface area (TPSA) is 94.1 Å². The second kappa shape index (κ2) is 12.2. The maximum absolute atomic E-state index is 13.5. The number of hydrogen-bond acceptors (Lipinski definition) is 6. The Kier molecular flexibility index (Phi) is 8.80. The number of nitrogens with one attached hydrogen (secondary N) is 3. The molecular weight excluding hydrogens is 546 g/mol. The van der Waals surface area contributed by atoms with E-state index in [1.807, 2.05) is 0 Å². The third-order valence-corrected chi connectivity index (χ3v) is 6.60. The molecule has 2 heterocycles. The van der Waals surface area contributed by atoms with E-state index in [-0.39, 0.29) is 16.9 Å². The van der Waals surface area contributed by atoms with Gasteiger partial charge in [0.15, 0.2) is 11.6 Å². The molecule has 1 aliphatic rings. The summed E-state index contributed by atoms with van der Waals surface area (Å²) >= 11 is 3.41. The first-order valence-corrected chi connectivity index (χ1v) is 12.5. The van der Waals surface area contributed by atoms with Crippen LogP contribution in [0.15, 0.2) is 67.9 Å². The number of piperidine rings is 1. The zero-order valence-corrected chi connectivity index (χ0v) is 21.8. The predicted molar refractivity (Wildman–Crippen MR) is 146 cm³/mol. The van der Waals surface area contributed by atoms with Gasteiger partial charge in [-0.3, -0.25) is 20.1 Å². The van der Waals surface area contributed by atoms with E-state index in [1.165, 1.54) is 12.3 Å². The van der Waals surface area contributed by atoms with Crippen molar-refractivity contribution in [2.45, 2.75) is 18.9 Å². The Labute approximate surface area is 221 Å². The summed E-state index contributed by atoms with van der Waals surface area (Å²) in [6.45, 7) is 5.94. The van der Waals surface area contributed by atoms with Crippen LogP contribution in [0.3, 0.4) is 0 Å². The van der Waals surface area contributed by atoms with Crippen LogP contribution in [0.25, 0.3) is 0 Å². The summed E-state index contributed by atoms with van der Waals surface area (Å²) in [6, 6.07) is 10.4. The van der Waals surface area contributed by atoms with Gasteiger partial charge in [0, 0.05) is 24.0 Å². The monoisotopic (exact) mass is 572 g/mol. The fourth-order valence-electron chi connectivity index (χ4n) is 3.94. The molecule has 0 aliphatic carbocycles. The van der Waals surface area contributed by atoms with Crippen LogP contribution in [0, 0.1) is 11.6 Å². The first kappa shape index (κ1) is 26.6. The standard InChI is InChI=1S/C26H27BrF2N6O2/c1-30-24-20(27)14-31-26(36)23(24)25(33-15-32-16-9-11-35(2)12-10-16)34-17-3-5-18(6-4-17)37-19-7-8-21(28)22(29)13-19/h3-8,13-14,16,32H,1,9-12,15H2,2H3,(H,31,36)(H,33,34). The van der Waals surface area contributed by atoms with Gasteiger partial charge in [-0.05, 0) is 92.0 Å². The molecule has 1 aromatic heterocycles. The van der Waals surface area contributed by atoms with E-state index >= 15 is 0 Å². The minimum absolute atomic E-state index is 0.171. The molecule has 1 aliphatic heterocycles. The third-order valence-electron chi connectivity index (χ3n) is 5.99. The van der Waals surface area contributed by atoms with E-state index in [1.54, 1.807) is 24.3 Å². The average Bonchev–Trinajstić information content (AvgIpc) is 2.89. The zero-order chi connectivity index (χ0) is 26.4. The summed E-state index contributed by atoms with van der Waals surface area (Å²) in [4.78, 5) is 26.5. The minimum atomic E-state index is -0.989.